The van der Waals surface area contributed by atoms with Gasteiger partial charge in [0.1, 0.15) is 0 Å². The fourth-order valence-electron chi connectivity index (χ4n) is 10.9. The molecule has 0 unspecified atom stereocenters. The van der Waals surface area contributed by atoms with Crippen molar-refractivity contribution in [3.05, 3.63) is 265 Å². The van der Waals surface area contributed by atoms with Crippen LogP contribution in [0.3, 0.4) is 0 Å². The van der Waals surface area contributed by atoms with Gasteiger partial charge in [0.25, 0.3) is 0 Å². The average molecular weight is 813 g/mol. The minimum atomic E-state index is -0.447. The number of rotatable bonds is 6. The van der Waals surface area contributed by atoms with Gasteiger partial charge in [-0.2, -0.15) is 0 Å². The summed E-state index contributed by atoms with van der Waals surface area (Å²) in [7, 11) is 0. The quantitative estimate of drug-likeness (QED) is 0.153. The van der Waals surface area contributed by atoms with Gasteiger partial charge in [0.2, 0.25) is 0 Å². The van der Waals surface area contributed by atoms with Gasteiger partial charge in [0.15, 0.2) is 0 Å². The maximum atomic E-state index is 5.61. The van der Waals surface area contributed by atoms with E-state index < -0.39 is 5.41 Å². The summed E-state index contributed by atoms with van der Waals surface area (Å²) < 4.78 is 2.41. The largest absolute Gasteiger partial charge is 0.309 e. The monoisotopic (exact) mass is 812 g/mol. The number of aromatic nitrogens is 2. The van der Waals surface area contributed by atoms with Crippen LogP contribution >= 0.6 is 0 Å². The summed E-state index contributed by atoms with van der Waals surface area (Å²) in [4.78, 5) is 5.61. The SMILES string of the molecule is c1ccc(-c2nc3c(-c4ccc(-c5ccc6c(c5)C(c5ccccc5)(c5ccccc5)c5ccccc5-6)cc4)cccc3c3c2ccc2c3c3ccccc3n2-c2ccccc2)cc1. The Balaban J connectivity index is 1.01. The normalized spacial score (nSPS) is 12.8. The van der Waals surface area contributed by atoms with E-state index in [1.807, 2.05) is 0 Å². The number of para-hydroxylation sites is 3. The summed E-state index contributed by atoms with van der Waals surface area (Å²) in [5.74, 6) is 0. The van der Waals surface area contributed by atoms with Crippen molar-refractivity contribution in [3.8, 4) is 50.3 Å². The van der Waals surface area contributed by atoms with E-state index in [2.05, 4.69) is 247 Å². The predicted octanol–water partition coefficient (Wildman–Crippen LogP) is 15.8. The Morgan fingerprint density at radius 2 is 0.906 bits per heavy atom. The second-order valence-electron chi connectivity index (χ2n) is 17.0. The third-order valence-corrected chi connectivity index (χ3v) is 13.7. The summed E-state index contributed by atoms with van der Waals surface area (Å²) in [5, 5.41) is 6.00. The highest BCUT2D eigenvalue weighted by Crippen LogP contribution is 2.57. The van der Waals surface area contributed by atoms with E-state index >= 15 is 0 Å². The van der Waals surface area contributed by atoms with Crippen LogP contribution in [0.2, 0.25) is 0 Å². The smallest absolute Gasteiger partial charge is 0.0794 e. The zero-order valence-electron chi connectivity index (χ0n) is 35.0. The first-order valence-electron chi connectivity index (χ1n) is 22.1. The molecule has 0 fully saturated rings. The lowest BCUT2D eigenvalue weighted by Crippen LogP contribution is -2.28. The van der Waals surface area contributed by atoms with Crippen molar-refractivity contribution in [1.29, 1.82) is 0 Å². The molecule has 0 atom stereocenters. The standard InChI is InChI=1S/C62H40N2/c1-5-18-43(19-6-1)60-53-38-39-57-59(51-27-14-16-31-56(51)64(57)47-24-11-4-12-25-47)58(53)52-29-17-28-48(61(52)63-60)42-34-32-41(33-35-42)44-36-37-50-49-26-13-15-30-54(49)62(55(50)40-44,45-20-7-2-8-21-45)46-22-9-3-10-23-46/h1-40H. The summed E-state index contributed by atoms with van der Waals surface area (Å²) in [5.41, 5.74) is 18.5. The Kier molecular flexibility index (Phi) is 8.16. The maximum Gasteiger partial charge on any atom is 0.0794 e. The van der Waals surface area contributed by atoms with Crippen LogP contribution in [-0.4, -0.2) is 9.55 Å². The minimum Gasteiger partial charge on any atom is -0.309 e. The molecule has 0 saturated heterocycles. The first kappa shape index (κ1) is 36.3. The van der Waals surface area contributed by atoms with Crippen molar-refractivity contribution in [2.75, 3.05) is 0 Å². The van der Waals surface area contributed by atoms with Crippen molar-refractivity contribution >= 4 is 43.5 Å². The van der Waals surface area contributed by atoms with Gasteiger partial charge in [-0.1, -0.05) is 212 Å². The van der Waals surface area contributed by atoms with Crippen LogP contribution in [-0.2, 0) is 5.41 Å². The van der Waals surface area contributed by atoms with Crippen molar-refractivity contribution in [2.24, 2.45) is 0 Å². The van der Waals surface area contributed by atoms with Gasteiger partial charge >= 0.3 is 0 Å². The number of hydrogen-bond donors (Lipinski definition) is 0. The Labute approximate surface area is 372 Å². The highest BCUT2D eigenvalue weighted by Gasteiger charge is 2.46. The fourth-order valence-corrected chi connectivity index (χ4v) is 10.9. The molecule has 0 aliphatic heterocycles. The van der Waals surface area contributed by atoms with Crippen molar-refractivity contribution in [1.82, 2.24) is 9.55 Å². The molecule has 2 nitrogen and oxygen atoms in total. The van der Waals surface area contributed by atoms with Crippen molar-refractivity contribution in [2.45, 2.75) is 5.41 Å². The average Bonchev–Trinajstić information content (AvgIpc) is 3.88. The lowest BCUT2D eigenvalue weighted by Gasteiger charge is -2.34. The Bertz CT molecular complexity index is 3700. The molecule has 1 aliphatic rings. The van der Waals surface area contributed by atoms with Crippen molar-refractivity contribution < 1.29 is 0 Å². The Hall–Kier alpha value is -8.33. The molecule has 2 aromatic heterocycles. The van der Waals surface area contributed by atoms with Crippen LogP contribution in [0.5, 0.6) is 0 Å². The van der Waals surface area contributed by atoms with Crippen LogP contribution in [0.15, 0.2) is 243 Å². The van der Waals surface area contributed by atoms with Crippen LogP contribution in [0.25, 0.3) is 93.8 Å². The molecule has 1 aliphatic carbocycles. The zero-order chi connectivity index (χ0) is 42.2. The van der Waals surface area contributed by atoms with Gasteiger partial charge in [-0.3, -0.25) is 0 Å². The third-order valence-electron chi connectivity index (χ3n) is 13.7. The number of hydrogen-bond acceptors (Lipinski definition) is 1. The summed E-state index contributed by atoms with van der Waals surface area (Å²) in [6, 6.07) is 88.7. The number of nitrogens with zero attached hydrogens (tertiary/aromatic N) is 2. The van der Waals surface area contributed by atoms with Gasteiger partial charge in [-0.05, 0) is 80.4 Å². The molecule has 64 heavy (non-hydrogen) atoms. The lowest BCUT2D eigenvalue weighted by atomic mass is 9.67. The van der Waals surface area contributed by atoms with Gasteiger partial charge in [-0.15, -0.1) is 0 Å². The highest BCUT2D eigenvalue weighted by molar-refractivity contribution is 6.30. The number of fused-ring (bicyclic) bond motifs is 10. The lowest BCUT2D eigenvalue weighted by molar-refractivity contribution is 0.769. The molecule has 298 valence electrons. The molecular formula is C62H40N2. The molecule has 0 amide bonds. The van der Waals surface area contributed by atoms with E-state index in [1.54, 1.807) is 0 Å². The molecule has 12 aromatic rings. The zero-order valence-corrected chi connectivity index (χ0v) is 35.0. The van der Waals surface area contributed by atoms with Gasteiger partial charge < -0.3 is 4.57 Å². The molecule has 13 rings (SSSR count). The van der Waals surface area contributed by atoms with E-state index in [-0.39, 0.29) is 0 Å². The summed E-state index contributed by atoms with van der Waals surface area (Å²) in [6.45, 7) is 0. The number of benzene rings is 10. The van der Waals surface area contributed by atoms with E-state index in [0.717, 1.165) is 44.4 Å². The fraction of sp³-hybridized carbons (Fsp3) is 0.0161. The van der Waals surface area contributed by atoms with E-state index in [4.69, 9.17) is 4.98 Å². The van der Waals surface area contributed by atoms with Crippen molar-refractivity contribution in [3.63, 3.8) is 0 Å². The molecule has 0 N–H and O–H groups in total. The Morgan fingerprint density at radius 3 is 1.66 bits per heavy atom. The van der Waals surface area contributed by atoms with Crippen LogP contribution < -0.4 is 0 Å². The van der Waals surface area contributed by atoms with Gasteiger partial charge in [-0.25, -0.2) is 4.98 Å². The van der Waals surface area contributed by atoms with E-state index in [9.17, 15) is 0 Å². The topological polar surface area (TPSA) is 17.8 Å². The van der Waals surface area contributed by atoms with E-state index in [0.29, 0.717) is 0 Å². The first-order valence-corrected chi connectivity index (χ1v) is 22.1. The first-order chi connectivity index (χ1) is 31.8. The van der Waals surface area contributed by atoms with Gasteiger partial charge in [0, 0.05) is 43.7 Å². The molecular weight excluding hydrogens is 773 g/mol. The highest BCUT2D eigenvalue weighted by atomic mass is 15.0. The van der Waals surface area contributed by atoms with Crippen LogP contribution in [0.1, 0.15) is 22.3 Å². The third kappa shape index (κ3) is 5.30. The summed E-state index contributed by atoms with van der Waals surface area (Å²) >= 11 is 0. The summed E-state index contributed by atoms with van der Waals surface area (Å²) in [6.07, 6.45) is 0. The predicted molar refractivity (Wildman–Crippen MR) is 267 cm³/mol. The number of pyridine rings is 1. The molecule has 0 bridgehead atoms. The molecule has 0 radical (unpaired) electrons. The molecule has 2 heteroatoms. The van der Waals surface area contributed by atoms with Gasteiger partial charge in [0.05, 0.1) is 27.7 Å². The van der Waals surface area contributed by atoms with Crippen LogP contribution in [0, 0.1) is 0 Å². The molecule has 0 spiro atoms. The molecule has 0 saturated carbocycles. The second-order valence-corrected chi connectivity index (χ2v) is 17.0. The Morgan fingerprint density at radius 1 is 0.328 bits per heavy atom. The minimum absolute atomic E-state index is 0.447. The maximum absolute atomic E-state index is 5.61. The van der Waals surface area contributed by atoms with Crippen LogP contribution in [0.4, 0.5) is 0 Å². The second kappa shape index (κ2) is 14.4. The molecule has 10 aromatic carbocycles. The van der Waals surface area contributed by atoms with E-state index in [1.165, 1.54) is 71.7 Å². The molecule has 2 heterocycles.